The number of rotatable bonds is 0. The third-order valence-corrected chi connectivity index (χ3v) is 4.60. The first-order valence-corrected chi connectivity index (χ1v) is 7.41. The van der Waals surface area contributed by atoms with Gasteiger partial charge in [-0.15, -0.1) is 0 Å². The summed E-state index contributed by atoms with van der Waals surface area (Å²) in [6.45, 7) is 0. The van der Waals surface area contributed by atoms with Crippen LogP contribution in [0.3, 0.4) is 0 Å². The Morgan fingerprint density at radius 2 is 1.76 bits per heavy atom. The van der Waals surface area contributed by atoms with E-state index in [2.05, 4.69) is 87.7 Å². The molecule has 0 unspecified atom stereocenters. The first kappa shape index (κ1) is 14.8. The highest BCUT2D eigenvalue weighted by molar-refractivity contribution is 9.10. The molecule has 0 fully saturated rings. The number of hydrogen-bond acceptors (Lipinski definition) is 0. The molecule has 106 valence electrons. The second kappa shape index (κ2) is 5.25. The molecule has 2 nitrogen and oxygen atoms in total. The van der Waals surface area contributed by atoms with Crippen LogP contribution in [0.15, 0.2) is 53.0 Å². The van der Waals surface area contributed by atoms with Crippen LogP contribution in [0.1, 0.15) is 0 Å². The number of aromatic nitrogens is 2. The van der Waals surface area contributed by atoms with Gasteiger partial charge in [-0.3, -0.25) is 0 Å². The van der Waals surface area contributed by atoms with Crippen LogP contribution in [0.25, 0.3) is 32.8 Å². The van der Waals surface area contributed by atoms with Crippen LogP contribution < -0.4 is 28.5 Å². The molecule has 0 atom stereocenters. The van der Waals surface area contributed by atoms with E-state index in [1.807, 2.05) is 0 Å². The molecular weight excluding hydrogens is 439 g/mol. The molecule has 2 heterocycles. The van der Waals surface area contributed by atoms with Crippen LogP contribution in [0, 0.1) is 0 Å². The largest absolute Gasteiger partial charge is 1.00 e. The molecule has 4 aromatic rings. The average Bonchev–Trinajstić information content (AvgIpc) is 2.73. The molecule has 0 saturated carbocycles. The molecule has 0 aliphatic carbocycles. The molecule has 0 saturated heterocycles. The van der Waals surface area contributed by atoms with Crippen molar-refractivity contribution in [2.24, 2.45) is 14.1 Å². The Labute approximate surface area is 148 Å². The number of hydrogen-bond donors (Lipinski definition) is 0. The molecule has 0 bridgehead atoms. The van der Waals surface area contributed by atoms with Gasteiger partial charge in [0.25, 0.3) is 0 Å². The molecule has 2 aromatic heterocycles. The normalized spacial score (nSPS) is 11.2. The molecule has 0 radical (unpaired) electrons. The quantitative estimate of drug-likeness (QED) is 0.279. The molecule has 0 aliphatic rings. The summed E-state index contributed by atoms with van der Waals surface area (Å²) in [7, 11) is 4.28. The van der Waals surface area contributed by atoms with Gasteiger partial charge in [0.15, 0.2) is 0 Å². The van der Waals surface area contributed by atoms with Gasteiger partial charge in [0.1, 0.15) is 12.6 Å². The highest BCUT2D eigenvalue weighted by atomic mass is 127. The van der Waals surface area contributed by atoms with Crippen LogP contribution >= 0.6 is 15.9 Å². The Hall–Kier alpha value is -1.14. The highest BCUT2D eigenvalue weighted by Gasteiger charge is 2.19. The molecule has 0 aliphatic heterocycles. The van der Waals surface area contributed by atoms with Crippen LogP contribution in [-0.2, 0) is 14.1 Å². The molecule has 0 N–H and O–H groups in total. The van der Waals surface area contributed by atoms with E-state index in [1.165, 1.54) is 32.8 Å². The van der Waals surface area contributed by atoms with E-state index in [-0.39, 0.29) is 24.0 Å². The van der Waals surface area contributed by atoms with Gasteiger partial charge in [0.05, 0.1) is 10.9 Å². The third kappa shape index (κ3) is 2.07. The smallest absolute Gasteiger partial charge is 0.238 e. The van der Waals surface area contributed by atoms with Gasteiger partial charge >= 0.3 is 0 Å². The van der Waals surface area contributed by atoms with Crippen molar-refractivity contribution in [2.45, 2.75) is 0 Å². The first-order valence-electron chi connectivity index (χ1n) is 6.62. The molecule has 21 heavy (non-hydrogen) atoms. The third-order valence-electron chi connectivity index (χ3n) is 4.10. The summed E-state index contributed by atoms with van der Waals surface area (Å²) >= 11 is 3.56. The molecule has 4 heteroatoms. The number of para-hydroxylation sites is 1. The maximum absolute atomic E-state index is 3.56. The zero-order valence-corrected chi connectivity index (χ0v) is 15.5. The fourth-order valence-corrected chi connectivity index (χ4v) is 3.50. The predicted molar refractivity (Wildman–Crippen MR) is 86.8 cm³/mol. The van der Waals surface area contributed by atoms with Gasteiger partial charge in [-0.05, 0) is 30.3 Å². The fourth-order valence-electron chi connectivity index (χ4n) is 3.12. The van der Waals surface area contributed by atoms with Crippen molar-refractivity contribution in [1.29, 1.82) is 0 Å². The van der Waals surface area contributed by atoms with Gasteiger partial charge in [0, 0.05) is 23.0 Å². The summed E-state index contributed by atoms with van der Waals surface area (Å²) in [6.07, 6.45) is 0. The SMILES string of the molecule is Cn1c2ccccc2c2c1cc1cc(Br)ccc1[n+]2C.[I-]. The Kier molecular flexibility index (Phi) is 3.69. The van der Waals surface area contributed by atoms with Gasteiger partial charge in [-0.1, -0.05) is 28.1 Å². The van der Waals surface area contributed by atoms with Gasteiger partial charge in [0.2, 0.25) is 11.0 Å². The molecular formula is C17H14BrIN2. The lowest BCUT2D eigenvalue weighted by Gasteiger charge is -2.01. The minimum Gasteiger partial charge on any atom is -1.00 e. The Morgan fingerprint density at radius 1 is 1.00 bits per heavy atom. The second-order valence-corrected chi connectivity index (χ2v) is 6.13. The molecule has 4 rings (SSSR count). The summed E-state index contributed by atoms with van der Waals surface area (Å²) < 4.78 is 5.67. The summed E-state index contributed by atoms with van der Waals surface area (Å²) in [5.74, 6) is 0. The van der Waals surface area contributed by atoms with Crippen molar-refractivity contribution >= 4 is 48.8 Å². The van der Waals surface area contributed by atoms with E-state index >= 15 is 0 Å². The lowest BCUT2D eigenvalue weighted by molar-refractivity contribution is -0.616. The number of benzene rings is 2. The van der Waals surface area contributed by atoms with Crippen LogP contribution in [-0.4, -0.2) is 4.57 Å². The highest BCUT2D eigenvalue weighted by Crippen LogP contribution is 2.28. The number of nitrogens with zero attached hydrogens (tertiary/aromatic N) is 2. The first-order chi connectivity index (χ1) is 9.66. The predicted octanol–water partition coefficient (Wildman–Crippen LogP) is 1.08. The molecule has 0 amide bonds. The van der Waals surface area contributed by atoms with Crippen molar-refractivity contribution in [3.8, 4) is 0 Å². The van der Waals surface area contributed by atoms with Crippen molar-refractivity contribution in [3.63, 3.8) is 0 Å². The van der Waals surface area contributed by atoms with E-state index < -0.39 is 0 Å². The topological polar surface area (TPSA) is 8.81 Å². The number of pyridine rings is 1. The van der Waals surface area contributed by atoms with Crippen molar-refractivity contribution in [2.75, 3.05) is 0 Å². The van der Waals surface area contributed by atoms with Crippen molar-refractivity contribution < 1.29 is 28.5 Å². The van der Waals surface area contributed by atoms with E-state index in [0.29, 0.717) is 0 Å². The number of fused-ring (bicyclic) bond motifs is 4. The van der Waals surface area contributed by atoms with E-state index in [1.54, 1.807) is 0 Å². The summed E-state index contributed by atoms with van der Waals surface area (Å²) in [5, 5.41) is 2.55. The maximum atomic E-state index is 3.56. The maximum Gasteiger partial charge on any atom is 0.238 e. The lowest BCUT2D eigenvalue weighted by atomic mass is 10.1. The van der Waals surface area contributed by atoms with Gasteiger partial charge < -0.3 is 28.5 Å². The second-order valence-electron chi connectivity index (χ2n) is 5.22. The van der Waals surface area contributed by atoms with Gasteiger partial charge in [-0.25, -0.2) is 0 Å². The summed E-state index contributed by atoms with van der Waals surface area (Å²) in [4.78, 5) is 0. The van der Waals surface area contributed by atoms with E-state index in [4.69, 9.17) is 0 Å². The van der Waals surface area contributed by atoms with E-state index in [0.717, 1.165) is 4.47 Å². The van der Waals surface area contributed by atoms with E-state index in [9.17, 15) is 0 Å². The monoisotopic (exact) mass is 452 g/mol. The lowest BCUT2D eigenvalue weighted by Crippen LogP contribution is -3.00. The van der Waals surface area contributed by atoms with Crippen molar-refractivity contribution in [3.05, 3.63) is 53.0 Å². The minimum absolute atomic E-state index is 0. The Morgan fingerprint density at radius 3 is 2.57 bits per heavy atom. The standard InChI is InChI=1S/C17H14BrN2.HI/c1-19-15-6-4-3-5-13(15)17-16(19)10-11-9-12(18)7-8-14(11)20(17)2;/h3-10H,1-2H3;1H/q+1;/p-1. The molecule has 0 spiro atoms. The number of aryl methyl sites for hydroxylation is 2. The zero-order valence-electron chi connectivity index (χ0n) is 11.8. The van der Waals surface area contributed by atoms with Gasteiger partial charge in [-0.2, -0.15) is 4.57 Å². The van der Waals surface area contributed by atoms with Crippen molar-refractivity contribution in [1.82, 2.24) is 4.57 Å². The van der Waals surface area contributed by atoms with Crippen LogP contribution in [0.4, 0.5) is 0 Å². The molecule has 2 aromatic carbocycles. The average molecular weight is 453 g/mol. The van der Waals surface area contributed by atoms with Crippen LogP contribution in [0.2, 0.25) is 0 Å². The number of halogens is 2. The fraction of sp³-hybridized carbons (Fsp3) is 0.118. The summed E-state index contributed by atoms with van der Waals surface area (Å²) in [6, 6.07) is 17.3. The minimum atomic E-state index is 0. The van der Waals surface area contributed by atoms with Crippen LogP contribution in [0.5, 0.6) is 0 Å². The zero-order chi connectivity index (χ0) is 13.9. The Balaban J connectivity index is 0.00000132. The Bertz CT molecular complexity index is 989. The summed E-state index contributed by atoms with van der Waals surface area (Å²) in [5.41, 5.74) is 5.07.